The van der Waals surface area contributed by atoms with E-state index in [1.54, 1.807) is 32.0 Å². The Kier molecular flexibility index (Phi) is 8.41. The summed E-state index contributed by atoms with van der Waals surface area (Å²) in [6, 6.07) is 4.92. The number of carbonyl (C=O) groups excluding carboxylic acids is 2. The Morgan fingerprint density at radius 3 is 2.40 bits per heavy atom. The molecule has 6 heteroatoms. The molecule has 1 N–H and O–H groups in total. The number of amides is 1. The van der Waals surface area contributed by atoms with Gasteiger partial charge in [0.1, 0.15) is 16.9 Å². The summed E-state index contributed by atoms with van der Waals surface area (Å²) in [6.45, 7) is 10.4. The van der Waals surface area contributed by atoms with Crippen molar-refractivity contribution >= 4 is 17.6 Å². The molecular weight excluding hydrogens is 322 g/mol. The van der Waals surface area contributed by atoms with E-state index in [0.717, 1.165) is 6.42 Å². The Hall–Kier alpha value is -2.08. The number of hydrogen-bond acceptors (Lipinski definition) is 5. The number of rotatable bonds is 10. The highest BCUT2D eigenvalue weighted by molar-refractivity contribution is 5.99. The maximum atomic E-state index is 12.6. The van der Waals surface area contributed by atoms with Crippen molar-refractivity contribution < 1.29 is 23.8 Å². The van der Waals surface area contributed by atoms with E-state index in [4.69, 9.17) is 14.2 Å². The van der Waals surface area contributed by atoms with Gasteiger partial charge >= 0.3 is 5.97 Å². The van der Waals surface area contributed by atoms with Crippen LogP contribution in [0.2, 0.25) is 0 Å². The standard InChI is InChI=1S/C19H29NO5/c1-6-12-25-19(5,7-2)18(22)20-14-10-11-16(23-8-3)15(13-14)17(21)24-9-4/h10-11,13H,6-9,12H2,1-5H3,(H,20,22)/t19-/m1/s1. The summed E-state index contributed by atoms with van der Waals surface area (Å²) in [5.41, 5.74) is -0.135. The highest BCUT2D eigenvalue weighted by Gasteiger charge is 2.32. The summed E-state index contributed by atoms with van der Waals surface area (Å²) >= 11 is 0. The second kappa shape index (κ2) is 10.0. The third kappa shape index (κ3) is 5.74. The van der Waals surface area contributed by atoms with E-state index in [1.165, 1.54) is 0 Å². The number of esters is 1. The maximum absolute atomic E-state index is 12.6. The molecule has 0 fully saturated rings. The lowest BCUT2D eigenvalue weighted by atomic mass is 10.0. The van der Waals surface area contributed by atoms with E-state index < -0.39 is 11.6 Å². The molecule has 1 amide bonds. The van der Waals surface area contributed by atoms with Gasteiger partial charge in [-0.25, -0.2) is 4.79 Å². The molecule has 0 saturated heterocycles. The first kappa shape index (κ1) is 21.0. The zero-order valence-electron chi connectivity index (χ0n) is 15.8. The van der Waals surface area contributed by atoms with E-state index in [1.807, 2.05) is 20.8 Å². The minimum Gasteiger partial charge on any atom is -0.493 e. The normalized spacial score (nSPS) is 13.0. The Labute approximate surface area is 149 Å². The van der Waals surface area contributed by atoms with Gasteiger partial charge in [-0.3, -0.25) is 4.79 Å². The summed E-state index contributed by atoms with van der Waals surface area (Å²) in [5, 5.41) is 2.82. The minimum absolute atomic E-state index is 0.248. The fourth-order valence-corrected chi connectivity index (χ4v) is 2.18. The van der Waals surface area contributed by atoms with Crippen LogP contribution in [0.25, 0.3) is 0 Å². The van der Waals surface area contributed by atoms with Gasteiger partial charge < -0.3 is 19.5 Å². The zero-order chi connectivity index (χ0) is 18.9. The van der Waals surface area contributed by atoms with Crippen LogP contribution in [0.15, 0.2) is 18.2 Å². The fraction of sp³-hybridized carbons (Fsp3) is 0.579. The number of hydrogen-bond donors (Lipinski definition) is 1. The van der Waals surface area contributed by atoms with Crippen LogP contribution >= 0.6 is 0 Å². The number of ether oxygens (including phenoxy) is 3. The van der Waals surface area contributed by atoms with Gasteiger partial charge in [-0.2, -0.15) is 0 Å². The lowest BCUT2D eigenvalue weighted by Gasteiger charge is -2.27. The molecule has 6 nitrogen and oxygen atoms in total. The molecule has 1 aromatic rings. The van der Waals surface area contributed by atoms with Crippen molar-refractivity contribution in [1.82, 2.24) is 0 Å². The van der Waals surface area contributed by atoms with Crippen molar-refractivity contribution in [2.45, 2.75) is 53.1 Å². The fourth-order valence-electron chi connectivity index (χ4n) is 2.18. The molecule has 140 valence electrons. The van der Waals surface area contributed by atoms with Gasteiger partial charge in [-0.15, -0.1) is 0 Å². The minimum atomic E-state index is -0.918. The molecule has 0 aliphatic rings. The molecule has 0 saturated carbocycles. The second-order valence-corrected chi connectivity index (χ2v) is 5.75. The number of benzene rings is 1. The van der Waals surface area contributed by atoms with Crippen LogP contribution in [0.5, 0.6) is 5.75 Å². The van der Waals surface area contributed by atoms with Crippen LogP contribution in [0.4, 0.5) is 5.69 Å². The van der Waals surface area contributed by atoms with Gasteiger partial charge in [0.2, 0.25) is 0 Å². The van der Waals surface area contributed by atoms with Crippen molar-refractivity contribution in [3.05, 3.63) is 23.8 Å². The SMILES string of the molecule is CCCO[C@](C)(CC)C(=O)Nc1ccc(OCC)c(C(=O)OCC)c1. The largest absolute Gasteiger partial charge is 0.493 e. The van der Waals surface area contributed by atoms with Gasteiger partial charge in [0, 0.05) is 12.3 Å². The van der Waals surface area contributed by atoms with Crippen LogP contribution < -0.4 is 10.1 Å². The Balaban J connectivity index is 3.03. The number of nitrogens with one attached hydrogen (secondary N) is 1. The molecule has 0 aliphatic carbocycles. The van der Waals surface area contributed by atoms with E-state index in [9.17, 15) is 9.59 Å². The topological polar surface area (TPSA) is 73.9 Å². The molecule has 0 spiro atoms. The van der Waals surface area contributed by atoms with Crippen molar-refractivity contribution in [3.63, 3.8) is 0 Å². The van der Waals surface area contributed by atoms with Crippen LogP contribution in [-0.4, -0.2) is 37.3 Å². The average Bonchev–Trinajstić information content (AvgIpc) is 2.61. The molecule has 0 heterocycles. The molecule has 0 unspecified atom stereocenters. The predicted octanol–water partition coefficient (Wildman–Crippen LogP) is 3.80. The number of anilines is 1. The van der Waals surface area contributed by atoms with E-state index >= 15 is 0 Å². The highest BCUT2D eigenvalue weighted by Crippen LogP contribution is 2.26. The third-order valence-corrected chi connectivity index (χ3v) is 3.81. The summed E-state index contributed by atoms with van der Waals surface area (Å²) in [5.74, 6) is -0.301. The lowest BCUT2D eigenvalue weighted by molar-refractivity contribution is -0.139. The summed E-state index contributed by atoms with van der Waals surface area (Å²) < 4.78 is 16.2. The molecular formula is C19H29NO5. The van der Waals surface area contributed by atoms with Crippen molar-refractivity contribution in [3.8, 4) is 5.75 Å². The van der Waals surface area contributed by atoms with Gasteiger partial charge in [0.25, 0.3) is 5.91 Å². The molecule has 0 bridgehead atoms. The maximum Gasteiger partial charge on any atom is 0.341 e. The lowest BCUT2D eigenvalue weighted by Crippen LogP contribution is -2.42. The molecule has 1 rings (SSSR count). The van der Waals surface area contributed by atoms with Crippen molar-refractivity contribution in [2.75, 3.05) is 25.1 Å². The summed E-state index contributed by atoms with van der Waals surface area (Å²) in [4.78, 5) is 24.7. The quantitative estimate of drug-likeness (QED) is 0.649. The van der Waals surface area contributed by atoms with Crippen molar-refractivity contribution in [1.29, 1.82) is 0 Å². The van der Waals surface area contributed by atoms with Crippen LogP contribution in [0.3, 0.4) is 0 Å². The zero-order valence-corrected chi connectivity index (χ0v) is 15.8. The predicted molar refractivity (Wildman–Crippen MR) is 97.1 cm³/mol. The molecule has 1 aromatic carbocycles. The first-order valence-electron chi connectivity index (χ1n) is 8.81. The Morgan fingerprint density at radius 1 is 1.12 bits per heavy atom. The smallest absolute Gasteiger partial charge is 0.341 e. The van der Waals surface area contributed by atoms with Crippen molar-refractivity contribution in [2.24, 2.45) is 0 Å². The molecule has 0 aliphatic heterocycles. The second-order valence-electron chi connectivity index (χ2n) is 5.75. The summed E-state index contributed by atoms with van der Waals surface area (Å²) in [7, 11) is 0. The molecule has 1 atom stereocenters. The van der Waals surface area contributed by atoms with Gasteiger partial charge in [0.15, 0.2) is 0 Å². The summed E-state index contributed by atoms with van der Waals surface area (Å²) in [6.07, 6.45) is 1.37. The monoisotopic (exact) mass is 351 g/mol. The van der Waals surface area contributed by atoms with E-state index in [2.05, 4.69) is 5.32 Å². The third-order valence-electron chi connectivity index (χ3n) is 3.81. The molecule has 25 heavy (non-hydrogen) atoms. The average molecular weight is 351 g/mol. The van der Waals surface area contributed by atoms with Crippen LogP contribution in [0, 0.1) is 0 Å². The van der Waals surface area contributed by atoms with Gasteiger partial charge in [-0.05, 0) is 51.8 Å². The highest BCUT2D eigenvalue weighted by atomic mass is 16.5. The first-order chi connectivity index (χ1) is 11.9. The van der Waals surface area contributed by atoms with Crippen LogP contribution in [-0.2, 0) is 14.3 Å². The first-order valence-corrected chi connectivity index (χ1v) is 8.81. The van der Waals surface area contributed by atoms with Gasteiger partial charge in [-0.1, -0.05) is 13.8 Å². The Morgan fingerprint density at radius 2 is 1.84 bits per heavy atom. The number of carbonyl (C=O) groups is 2. The van der Waals surface area contributed by atoms with E-state index in [0.29, 0.717) is 31.1 Å². The van der Waals surface area contributed by atoms with Gasteiger partial charge in [0.05, 0.1) is 13.2 Å². The van der Waals surface area contributed by atoms with E-state index in [-0.39, 0.29) is 18.1 Å². The van der Waals surface area contributed by atoms with Crippen LogP contribution in [0.1, 0.15) is 57.8 Å². The Bertz CT molecular complexity index is 587. The molecule has 0 aromatic heterocycles. The molecule has 0 radical (unpaired) electrons.